The SMILES string of the molecule is CCCN(CCC)S(=O)(=O)c1cc(C(=O)N[C@@H](Cc2ccccc2)[C@H](O)CNCc2cccc(C(F)(F)F)c2)cc(N2CCCCS2(O)O)c1. The number of nitrogens with one attached hydrogen (secondary N) is 2. The van der Waals surface area contributed by atoms with Gasteiger partial charge in [0.15, 0.2) is 0 Å². The van der Waals surface area contributed by atoms with Gasteiger partial charge in [0.25, 0.3) is 5.91 Å². The van der Waals surface area contributed by atoms with Crippen molar-refractivity contribution >= 4 is 32.4 Å². The lowest BCUT2D eigenvalue weighted by atomic mass is 10.00. The molecule has 50 heavy (non-hydrogen) atoms. The minimum atomic E-state index is -4.49. The highest BCUT2D eigenvalue weighted by atomic mass is 32.3. The van der Waals surface area contributed by atoms with Gasteiger partial charge in [-0.05, 0) is 67.5 Å². The largest absolute Gasteiger partial charge is 0.416 e. The van der Waals surface area contributed by atoms with Gasteiger partial charge in [0.2, 0.25) is 10.0 Å². The summed E-state index contributed by atoms with van der Waals surface area (Å²) in [6.45, 7) is 4.47. The van der Waals surface area contributed by atoms with Crippen LogP contribution in [0.15, 0.2) is 77.7 Å². The molecule has 1 heterocycles. The van der Waals surface area contributed by atoms with Gasteiger partial charge in [-0.1, -0.05) is 62.4 Å². The average molecular weight is 741 g/mol. The molecule has 4 rings (SSSR count). The molecular weight excluding hydrogens is 694 g/mol. The zero-order chi connectivity index (χ0) is 36.5. The number of halogens is 3. The Morgan fingerprint density at radius 2 is 1.64 bits per heavy atom. The van der Waals surface area contributed by atoms with Gasteiger partial charge in [-0.15, -0.1) is 10.8 Å². The van der Waals surface area contributed by atoms with E-state index in [4.69, 9.17) is 0 Å². The highest BCUT2D eigenvalue weighted by Gasteiger charge is 2.32. The van der Waals surface area contributed by atoms with Gasteiger partial charge in [0, 0.05) is 38.3 Å². The highest BCUT2D eigenvalue weighted by molar-refractivity contribution is 8.25. The van der Waals surface area contributed by atoms with Crippen molar-refractivity contribution in [2.24, 2.45) is 0 Å². The zero-order valence-electron chi connectivity index (χ0n) is 28.3. The monoisotopic (exact) mass is 740 g/mol. The van der Waals surface area contributed by atoms with Crippen molar-refractivity contribution in [2.45, 2.75) is 75.7 Å². The Morgan fingerprint density at radius 3 is 2.28 bits per heavy atom. The third-order valence-electron chi connectivity index (χ3n) is 8.42. The third kappa shape index (κ3) is 10.4. The smallest absolute Gasteiger partial charge is 0.390 e. The van der Waals surface area contributed by atoms with Crippen LogP contribution in [0.5, 0.6) is 0 Å². The quantitative estimate of drug-likeness (QED) is 0.116. The summed E-state index contributed by atoms with van der Waals surface area (Å²) < 4.78 is 91.9. The predicted molar refractivity (Wildman–Crippen MR) is 191 cm³/mol. The molecule has 1 fully saturated rings. The fraction of sp³-hybridized carbons (Fsp3) is 0.457. The summed E-state index contributed by atoms with van der Waals surface area (Å²) in [7, 11) is -7.34. The number of rotatable bonds is 16. The second-order valence-corrected chi connectivity index (χ2v) is 16.5. The van der Waals surface area contributed by atoms with Gasteiger partial charge >= 0.3 is 6.18 Å². The number of carbonyl (C=O) groups is 1. The lowest BCUT2D eigenvalue weighted by Crippen LogP contribution is -2.48. The van der Waals surface area contributed by atoms with Gasteiger partial charge in [-0.2, -0.15) is 17.5 Å². The van der Waals surface area contributed by atoms with E-state index in [1.54, 1.807) is 0 Å². The van der Waals surface area contributed by atoms with Crippen molar-refractivity contribution in [3.8, 4) is 0 Å². The van der Waals surface area contributed by atoms with E-state index in [0.29, 0.717) is 31.2 Å². The van der Waals surface area contributed by atoms with Gasteiger partial charge in [0.1, 0.15) is 0 Å². The van der Waals surface area contributed by atoms with Gasteiger partial charge in [0.05, 0.1) is 34.0 Å². The standard InChI is InChI=1S/C35H47F3N4O6S2/c1-3-15-41(16-4-2)50(47,48)31-22-28(21-30(23-31)42-17-8-9-18-49(42,45)46)34(44)40-32(20-26-11-6-5-7-12-26)33(43)25-39-24-27-13-10-14-29(19-27)35(36,37)38/h5-7,10-14,19,21-23,32-33,39,43,45-46H,3-4,8-9,15-18,20,24-25H2,1-2H3,(H,40,44)/t32-,33+/m0/s1. The summed E-state index contributed by atoms with van der Waals surface area (Å²) in [5, 5.41) is 17.1. The molecule has 276 valence electrons. The molecule has 1 amide bonds. The molecule has 3 aromatic carbocycles. The molecule has 0 unspecified atom stereocenters. The Bertz CT molecular complexity index is 1670. The van der Waals surface area contributed by atoms with Crippen LogP contribution in [-0.4, -0.2) is 76.9 Å². The number of alkyl halides is 3. The van der Waals surface area contributed by atoms with E-state index in [1.165, 1.54) is 38.9 Å². The number of hydrogen-bond donors (Lipinski definition) is 5. The first-order valence-corrected chi connectivity index (χ1v) is 19.9. The average Bonchev–Trinajstić information content (AvgIpc) is 3.07. The zero-order valence-corrected chi connectivity index (χ0v) is 29.9. The highest BCUT2D eigenvalue weighted by Crippen LogP contribution is 2.50. The molecule has 1 aliphatic rings. The number of nitrogens with zero attached hydrogens (tertiary/aromatic N) is 2. The summed E-state index contributed by atoms with van der Waals surface area (Å²) in [6.07, 6.45) is -3.13. The number of hydrogen-bond acceptors (Lipinski definition) is 8. The van der Waals surface area contributed by atoms with E-state index in [1.807, 2.05) is 44.2 Å². The Hall–Kier alpha value is -3.18. The second-order valence-electron chi connectivity index (χ2n) is 12.4. The Morgan fingerprint density at radius 1 is 0.960 bits per heavy atom. The van der Waals surface area contributed by atoms with Crippen LogP contribution >= 0.6 is 10.8 Å². The Labute approximate surface area is 294 Å². The van der Waals surface area contributed by atoms with Gasteiger partial charge in [-0.25, -0.2) is 8.42 Å². The van der Waals surface area contributed by atoms with Crippen molar-refractivity contribution in [3.63, 3.8) is 0 Å². The molecule has 2 atom stereocenters. The minimum absolute atomic E-state index is 0.0322. The van der Waals surface area contributed by atoms with Crippen LogP contribution in [0.2, 0.25) is 0 Å². The van der Waals surface area contributed by atoms with Crippen LogP contribution in [0, 0.1) is 0 Å². The van der Waals surface area contributed by atoms with Gasteiger partial charge in [-0.3, -0.25) is 18.2 Å². The summed E-state index contributed by atoms with van der Waals surface area (Å²) in [6, 6.07) is 17.1. The van der Waals surface area contributed by atoms with E-state index in [0.717, 1.165) is 17.7 Å². The van der Waals surface area contributed by atoms with Crippen molar-refractivity contribution in [2.75, 3.05) is 36.2 Å². The number of carbonyl (C=O) groups excluding carboxylic acids is 1. The molecule has 0 radical (unpaired) electrons. The number of anilines is 1. The van der Waals surface area contributed by atoms with E-state index in [9.17, 15) is 40.6 Å². The van der Waals surface area contributed by atoms with Crippen LogP contribution in [-0.2, 0) is 29.2 Å². The first-order chi connectivity index (χ1) is 23.7. The molecule has 0 saturated carbocycles. The maximum absolute atomic E-state index is 14.0. The van der Waals surface area contributed by atoms with Crippen LogP contribution in [0.1, 0.15) is 66.6 Å². The fourth-order valence-electron chi connectivity index (χ4n) is 5.88. The van der Waals surface area contributed by atoms with Gasteiger partial charge < -0.3 is 15.7 Å². The fourth-order valence-corrected chi connectivity index (χ4v) is 9.25. The van der Waals surface area contributed by atoms with Crippen molar-refractivity contribution < 1.29 is 40.6 Å². The lowest BCUT2D eigenvalue weighted by Gasteiger charge is -2.47. The van der Waals surface area contributed by atoms with E-state index >= 15 is 0 Å². The second kappa shape index (κ2) is 17.4. The van der Waals surface area contributed by atoms with E-state index in [2.05, 4.69) is 10.6 Å². The number of aliphatic hydroxyl groups excluding tert-OH is 1. The minimum Gasteiger partial charge on any atom is -0.390 e. The van der Waals surface area contributed by atoms with E-state index in [-0.39, 0.29) is 61.0 Å². The van der Waals surface area contributed by atoms with Crippen LogP contribution in [0.3, 0.4) is 0 Å². The number of sulfonamides is 1. The molecule has 1 saturated heterocycles. The normalized spacial score (nSPS) is 16.9. The summed E-state index contributed by atoms with van der Waals surface area (Å²) in [4.78, 5) is 13.8. The molecule has 1 aliphatic heterocycles. The number of benzene rings is 3. The third-order valence-corrected chi connectivity index (χ3v) is 12.2. The van der Waals surface area contributed by atoms with Crippen molar-refractivity contribution in [1.29, 1.82) is 0 Å². The maximum atomic E-state index is 14.0. The van der Waals surface area contributed by atoms with Crippen LogP contribution in [0.4, 0.5) is 18.9 Å². The Kier molecular flexibility index (Phi) is 13.7. The molecular formula is C35H47F3N4O6S2. The molecule has 10 nitrogen and oxygen atoms in total. The topological polar surface area (TPSA) is 142 Å². The summed E-state index contributed by atoms with van der Waals surface area (Å²) in [5.74, 6) is -0.575. The molecule has 0 aliphatic carbocycles. The summed E-state index contributed by atoms with van der Waals surface area (Å²) >= 11 is 0. The first-order valence-electron chi connectivity index (χ1n) is 16.7. The molecule has 3 aromatic rings. The van der Waals surface area contributed by atoms with Crippen LogP contribution in [0.25, 0.3) is 0 Å². The number of amides is 1. The first kappa shape index (κ1) is 39.6. The molecule has 15 heteroatoms. The Balaban J connectivity index is 1.64. The van der Waals surface area contributed by atoms with Crippen molar-refractivity contribution in [1.82, 2.24) is 14.9 Å². The summed E-state index contributed by atoms with van der Waals surface area (Å²) in [5.41, 5.74) is 0.520. The molecule has 0 aromatic heterocycles. The molecule has 0 bridgehead atoms. The predicted octanol–water partition coefficient (Wildman–Crippen LogP) is 6.27. The van der Waals surface area contributed by atoms with E-state index < -0.39 is 50.6 Å². The molecule has 5 N–H and O–H groups in total. The number of aliphatic hydroxyl groups is 1. The van der Waals surface area contributed by atoms with Crippen molar-refractivity contribution in [3.05, 3.63) is 95.1 Å². The maximum Gasteiger partial charge on any atom is 0.416 e. The van der Waals surface area contributed by atoms with Crippen LogP contribution < -0.4 is 14.9 Å². The lowest BCUT2D eigenvalue weighted by molar-refractivity contribution is -0.137. The molecule has 0 spiro atoms.